The van der Waals surface area contributed by atoms with Crippen molar-refractivity contribution in [2.45, 2.75) is 6.92 Å². The molecule has 1 N–H and O–H groups in total. The standard InChI is InChI=1S/C22H16ClFN4O/c1-14-6-4-9-17(12-14)28-21(15-7-5-8-16(23)13-15)26-20(27-28)22(29)25-19-11-3-2-10-18(19)24/h2-13H,1H3,(H,25,29). The van der Waals surface area contributed by atoms with Crippen LogP contribution >= 0.6 is 11.6 Å². The van der Waals surface area contributed by atoms with E-state index in [4.69, 9.17) is 11.6 Å². The minimum Gasteiger partial charge on any atom is -0.317 e. The number of nitrogens with zero attached hydrogens (tertiary/aromatic N) is 3. The topological polar surface area (TPSA) is 59.8 Å². The Balaban J connectivity index is 1.79. The van der Waals surface area contributed by atoms with Gasteiger partial charge in [0.25, 0.3) is 5.91 Å². The quantitative estimate of drug-likeness (QED) is 0.501. The van der Waals surface area contributed by atoms with Crippen LogP contribution in [0.15, 0.2) is 72.8 Å². The second-order valence-electron chi connectivity index (χ2n) is 6.45. The van der Waals surface area contributed by atoms with Crippen LogP contribution in [0.3, 0.4) is 0 Å². The molecule has 0 saturated heterocycles. The Bertz CT molecular complexity index is 1140. The first-order valence-electron chi connectivity index (χ1n) is 8.87. The van der Waals surface area contributed by atoms with Gasteiger partial charge in [-0.2, -0.15) is 0 Å². The number of aromatic nitrogens is 3. The smallest absolute Gasteiger partial charge is 0.295 e. The predicted octanol–water partition coefficient (Wildman–Crippen LogP) is 5.29. The van der Waals surface area contributed by atoms with Crippen molar-refractivity contribution in [3.63, 3.8) is 0 Å². The van der Waals surface area contributed by atoms with Crippen LogP contribution in [-0.4, -0.2) is 20.7 Å². The number of anilines is 1. The van der Waals surface area contributed by atoms with E-state index in [1.165, 1.54) is 12.1 Å². The Labute approximate surface area is 171 Å². The molecule has 0 unspecified atom stereocenters. The summed E-state index contributed by atoms with van der Waals surface area (Å²) in [6.45, 7) is 1.96. The fourth-order valence-corrected chi connectivity index (χ4v) is 3.09. The predicted molar refractivity (Wildman–Crippen MR) is 111 cm³/mol. The fraction of sp³-hybridized carbons (Fsp3) is 0.0455. The van der Waals surface area contributed by atoms with Gasteiger partial charge >= 0.3 is 0 Å². The van der Waals surface area contributed by atoms with Crippen molar-refractivity contribution in [2.75, 3.05) is 5.32 Å². The van der Waals surface area contributed by atoms with Crippen molar-refractivity contribution in [2.24, 2.45) is 0 Å². The van der Waals surface area contributed by atoms with Crippen LogP contribution < -0.4 is 5.32 Å². The van der Waals surface area contributed by atoms with Gasteiger partial charge in [-0.25, -0.2) is 14.1 Å². The SMILES string of the molecule is Cc1cccc(-n2nc(C(=O)Nc3ccccc3F)nc2-c2cccc(Cl)c2)c1. The number of carbonyl (C=O) groups excluding carboxylic acids is 1. The number of nitrogens with one attached hydrogen (secondary N) is 1. The molecule has 144 valence electrons. The van der Waals surface area contributed by atoms with Crippen LogP contribution in [0.1, 0.15) is 16.2 Å². The van der Waals surface area contributed by atoms with Crippen LogP contribution in [0.2, 0.25) is 5.02 Å². The van der Waals surface area contributed by atoms with E-state index in [0.717, 1.165) is 11.3 Å². The first kappa shape index (κ1) is 18.8. The minimum atomic E-state index is -0.607. The molecule has 0 radical (unpaired) electrons. The summed E-state index contributed by atoms with van der Waals surface area (Å²) in [6, 6.07) is 20.7. The molecule has 29 heavy (non-hydrogen) atoms. The highest BCUT2D eigenvalue weighted by molar-refractivity contribution is 6.30. The molecule has 1 heterocycles. The zero-order valence-corrected chi connectivity index (χ0v) is 16.2. The summed E-state index contributed by atoms with van der Waals surface area (Å²) >= 11 is 6.13. The molecule has 1 amide bonds. The maximum Gasteiger partial charge on any atom is 0.295 e. The molecule has 5 nitrogen and oxygen atoms in total. The van der Waals surface area contributed by atoms with E-state index in [0.29, 0.717) is 16.4 Å². The summed E-state index contributed by atoms with van der Waals surface area (Å²) in [6.07, 6.45) is 0. The number of hydrogen-bond acceptors (Lipinski definition) is 3. The lowest BCUT2D eigenvalue weighted by molar-refractivity contribution is 0.101. The summed E-state index contributed by atoms with van der Waals surface area (Å²) < 4.78 is 15.5. The Morgan fingerprint density at radius 2 is 1.83 bits per heavy atom. The zero-order chi connectivity index (χ0) is 20.4. The molecule has 1 aromatic heterocycles. The molecular weight excluding hydrogens is 391 g/mol. The van der Waals surface area contributed by atoms with Crippen LogP contribution in [0.5, 0.6) is 0 Å². The van der Waals surface area contributed by atoms with Crippen LogP contribution in [0, 0.1) is 12.7 Å². The molecule has 0 bridgehead atoms. The third-order valence-corrected chi connectivity index (χ3v) is 4.50. The highest BCUT2D eigenvalue weighted by atomic mass is 35.5. The molecule has 7 heteroatoms. The van der Waals surface area contributed by atoms with E-state index in [-0.39, 0.29) is 11.5 Å². The molecule has 0 aliphatic rings. The normalized spacial score (nSPS) is 10.7. The van der Waals surface area contributed by atoms with E-state index < -0.39 is 11.7 Å². The number of para-hydroxylation sites is 1. The number of rotatable bonds is 4. The Kier molecular flexibility index (Phi) is 5.10. The van der Waals surface area contributed by atoms with Crippen molar-refractivity contribution in [3.05, 3.63) is 95.0 Å². The van der Waals surface area contributed by atoms with Crippen LogP contribution in [0.25, 0.3) is 17.1 Å². The van der Waals surface area contributed by atoms with Crippen molar-refractivity contribution in [1.82, 2.24) is 14.8 Å². The van der Waals surface area contributed by atoms with E-state index in [9.17, 15) is 9.18 Å². The van der Waals surface area contributed by atoms with Crippen LogP contribution in [0.4, 0.5) is 10.1 Å². The molecule has 4 aromatic rings. The number of aryl methyl sites for hydroxylation is 1. The lowest BCUT2D eigenvalue weighted by atomic mass is 10.2. The molecular formula is C22H16ClFN4O. The average Bonchev–Trinajstić information content (AvgIpc) is 3.15. The van der Waals surface area contributed by atoms with Crippen molar-refractivity contribution < 1.29 is 9.18 Å². The first-order valence-corrected chi connectivity index (χ1v) is 9.25. The van der Waals surface area contributed by atoms with Gasteiger partial charge < -0.3 is 5.32 Å². The molecule has 4 rings (SSSR count). The summed E-state index contributed by atoms with van der Waals surface area (Å²) in [7, 11) is 0. The van der Waals surface area contributed by atoms with Crippen molar-refractivity contribution >= 4 is 23.2 Å². The van der Waals surface area contributed by atoms with E-state index in [1.54, 1.807) is 35.0 Å². The maximum atomic E-state index is 13.9. The molecule has 0 fully saturated rings. The Hall–Kier alpha value is -3.51. The Morgan fingerprint density at radius 3 is 2.59 bits per heavy atom. The van der Waals surface area contributed by atoms with E-state index >= 15 is 0 Å². The van der Waals surface area contributed by atoms with E-state index in [2.05, 4.69) is 15.4 Å². The van der Waals surface area contributed by atoms with Crippen LogP contribution in [-0.2, 0) is 0 Å². The first-order chi connectivity index (χ1) is 14.0. The van der Waals surface area contributed by atoms with Gasteiger partial charge in [-0.05, 0) is 48.9 Å². The van der Waals surface area contributed by atoms with Gasteiger partial charge in [0.1, 0.15) is 5.82 Å². The van der Waals surface area contributed by atoms with Gasteiger partial charge in [0.15, 0.2) is 5.82 Å². The van der Waals surface area contributed by atoms with Gasteiger partial charge in [0, 0.05) is 10.6 Å². The largest absolute Gasteiger partial charge is 0.317 e. The average molecular weight is 407 g/mol. The van der Waals surface area contributed by atoms with Crippen molar-refractivity contribution in [3.8, 4) is 17.1 Å². The molecule has 0 aliphatic carbocycles. The number of halogens is 2. The molecule has 3 aromatic carbocycles. The number of hydrogen-bond donors (Lipinski definition) is 1. The lowest BCUT2D eigenvalue weighted by Gasteiger charge is -2.07. The van der Waals surface area contributed by atoms with Gasteiger partial charge in [-0.15, -0.1) is 5.10 Å². The zero-order valence-electron chi connectivity index (χ0n) is 15.4. The number of benzene rings is 3. The van der Waals surface area contributed by atoms with E-state index in [1.807, 2.05) is 37.3 Å². The number of amides is 1. The highest BCUT2D eigenvalue weighted by Crippen LogP contribution is 2.25. The summed E-state index contributed by atoms with van der Waals surface area (Å²) in [4.78, 5) is 17.1. The van der Waals surface area contributed by atoms with Gasteiger partial charge in [-0.1, -0.05) is 48.0 Å². The molecule has 0 aliphatic heterocycles. The molecule has 0 spiro atoms. The second-order valence-corrected chi connectivity index (χ2v) is 6.89. The summed E-state index contributed by atoms with van der Waals surface area (Å²) in [5.74, 6) is -0.764. The fourth-order valence-electron chi connectivity index (χ4n) is 2.90. The van der Waals surface area contributed by atoms with Gasteiger partial charge in [-0.3, -0.25) is 4.79 Å². The second kappa shape index (κ2) is 7.85. The highest BCUT2D eigenvalue weighted by Gasteiger charge is 2.20. The third kappa shape index (κ3) is 4.02. The minimum absolute atomic E-state index is 0.0636. The van der Waals surface area contributed by atoms with Gasteiger partial charge in [0.05, 0.1) is 11.4 Å². The lowest BCUT2D eigenvalue weighted by Crippen LogP contribution is -2.15. The van der Waals surface area contributed by atoms with Crippen molar-refractivity contribution in [1.29, 1.82) is 0 Å². The Morgan fingerprint density at radius 1 is 1.03 bits per heavy atom. The third-order valence-electron chi connectivity index (χ3n) is 4.26. The summed E-state index contributed by atoms with van der Waals surface area (Å²) in [5, 5.41) is 7.44. The molecule has 0 saturated carbocycles. The van der Waals surface area contributed by atoms with Gasteiger partial charge in [0.2, 0.25) is 5.82 Å². The maximum absolute atomic E-state index is 13.9. The number of carbonyl (C=O) groups is 1. The molecule has 0 atom stereocenters. The summed E-state index contributed by atoms with van der Waals surface area (Å²) in [5.41, 5.74) is 2.55. The monoisotopic (exact) mass is 406 g/mol.